The zero-order valence-electron chi connectivity index (χ0n) is 27.5. The Morgan fingerprint density at radius 1 is 0.900 bits per heavy atom. The average Bonchev–Trinajstić information content (AvgIpc) is 3.43. The summed E-state index contributed by atoms with van der Waals surface area (Å²) in [7, 11) is -2.02. The van der Waals surface area contributed by atoms with Crippen LogP contribution in [0.15, 0.2) is 24.3 Å². The van der Waals surface area contributed by atoms with E-state index in [0.29, 0.717) is 5.92 Å². The Balaban J connectivity index is 1.73. The highest BCUT2D eigenvalue weighted by molar-refractivity contribution is 6.74. The number of benzene rings is 1. The minimum absolute atomic E-state index is 0.0587. The normalized spacial score (nSPS) is 24.7. The SMILES string of the molecule is CC1(C)Cc2nc(C3CCCC3)c3c(c2C(O[Si](C)(C)C(C)(C)C)C1)C(C)(C)OC3c1ccc(C(C)(C)C)cc1. The topological polar surface area (TPSA) is 31.4 Å². The lowest BCUT2D eigenvalue weighted by atomic mass is 9.71. The molecule has 1 aromatic heterocycles. The van der Waals surface area contributed by atoms with Crippen molar-refractivity contribution < 1.29 is 9.16 Å². The Labute approximate surface area is 246 Å². The molecular weight excluding hydrogens is 506 g/mol. The molecule has 1 fully saturated rings. The molecule has 3 aliphatic rings. The van der Waals surface area contributed by atoms with Gasteiger partial charge in [0.1, 0.15) is 6.10 Å². The van der Waals surface area contributed by atoms with Crippen molar-refractivity contribution in [3.63, 3.8) is 0 Å². The predicted octanol–water partition coefficient (Wildman–Crippen LogP) is 10.4. The third kappa shape index (κ3) is 5.38. The lowest BCUT2D eigenvalue weighted by Crippen LogP contribution is -2.44. The molecule has 2 heterocycles. The summed E-state index contributed by atoms with van der Waals surface area (Å²) in [4.78, 5) is 5.66. The summed E-state index contributed by atoms with van der Waals surface area (Å²) in [6.07, 6.45) is 7.09. The molecule has 0 spiro atoms. The van der Waals surface area contributed by atoms with Gasteiger partial charge in [-0.25, -0.2) is 0 Å². The molecule has 5 rings (SSSR count). The number of fused-ring (bicyclic) bond motifs is 3. The third-order valence-corrected chi connectivity index (χ3v) is 14.9. The van der Waals surface area contributed by atoms with Crippen LogP contribution in [-0.4, -0.2) is 13.3 Å². The van der Waals surface area contributed by atoms with Crippen LogP contribution in [0.3, 0.4) is 0 Å². The zero-order valence-corrected chi connectivity index (χ0v) is 28.5. The van der Waals surface area contributed by atoms with Gasteiger partial charge in [-0.15, -0.1) is 0 Å². The largest absolute Gasteiger partial charge is 0.410 e. The van der Waals surface area contributed by atoms with Gasteiger partial charge in [-0.05, 0) is 85.2 Å². The van der Waals surface area contributed by atoms with Crippen molar-refractivity contribution in [3.8, 4) is 0 Å². The van der Waals surface area contributed by atoms with Gasteiger partial charge in [-0.1, -0.05) is 92.5 Å². The third-order valence-electron chi connectivity index (χ3n) is 10.4. The van der Waals surface area contributed by atoms with E-state index >= 15 is 0 Å². The van der Waals surface area contributed by atoms with Crippen molar-refractivity contribution in [1.82, 2.24) is 4.98 Å². The number of rotatable bonds is 4. The van der Waals surface area contributed by atoms with Crippen molar-refractivity contribution in [3.05, 3.63) is 63.5 Å². The highest BCUT2D eigenvalue weighted by Gasteiger charge is 2.50. The van der Waals surface area contributed by atoms with Crippen LogP contribution in [-0.2, 0) is 26.6 Å². The smallest absolute Gasteiger partial charge is 0.192 e. The summed E-state index contributed by atoms with van der Waals surface area (Å²) in [6.45, 7) is 28.1. The molecule has 0 amide bonds. The quantitative estimate of drug-likeness (QED) is 0.348. The number of aromatic nitrogens is 1. The first-order valence-corrected chi connectivity index (χ1v) is 18.7. The average molecular weight is 562 g/mol. The van der Waals surface area contributed by atoms with Gasteiger partial charge in [-0.3, -0.25) is 4.98 Å². The summed E-state index contributed by atoms with van der Waals surface area (Å²) in [5.74, 6) is 0.526. The Morgan fingerprint density at radius 3 is 2.05 bits per heavy atom. The maximum atomic E-state index is 7.33. The fourth-order valence-corrected chi connectivity index (χ4v) is 8.42. The van der Waals surface area contributed by atoms with E-state index in [1.165, 1.54) is 64.9 Å². The van der Waals surface area contributed by atoms with Crippen LogP contribution in [0.25, 0.3) is 0 Å². The van der Waals surface area contributed by atoms with Crippen LogP contribution >= 0.6 is 0 Å². The molecule has 2 atom stereocenters. The summed E-state index contributed by atoms with van der Waals surface area (Å²) >= 11 is 0. The number of hydrogen-bond acceptors (Lipinski definition) is 3. The van der Waals surface area contributed by atoms with Crippen LogP contribution in [0.4, 0.5) is 0 Å². The maximum absolute atomic E-state index is 7.33. The Kier molecular flexibility index (Phi) is 7.33. The molecular formula is C36H55NO2Si. The van der Waals surface area contributed by atoms with Gasteiger partial charge in [-0.2, -0.15) is 0 Å². The second-order valence-corrected chi connectivity index (χ2v) is 21.7. The van der Waals surface area contributed by atoms with Crippen LogP contribution in [0.5, 0.6) is 0 Å². The number of pyridine rings is 1. The van der Waals surface area contributed by atoms with Gasteiger partial charge < -0.3 is 9.16 Å². The lowest BCUT2D eigenvalue weighted by Gasteiger charge is -2.45. The lowest BCUT2D eigenvalue weighted by molar-refractivity contribution is -0.0359. The molecule has 1 aromatic carbocycles. The molecule has 0 radical (unpaired) electrons. The van der Waals surface area contributed by atoms with Gasteiger partial charge in [0.05, 0.1) is 17.4 Å². The van der Waals surface area contributed by atoms with Gasteiger partial charge >= 0.3 is 0 Å². The Hall–Kier alpha value is -1.49. The van der Waals surface area contributed by atoms with E-state index in [9.17, 15) is 0 Å². The van der Waals surface area contributed by atoms with E-state index in [4.69, 9.17) is 14.1 Å². The van der Waals surface area contributed by atoms with Crippen molar-refractivity contribution >= 4 is 8.32 Å². The second-order valence-electron chi connectivity index (χ2n) is 16.9. The van der Waals surface area contributed by atoms with E-state index in [1.807, 2.05) is 0 Å². The molecule has 0 saturated heterocycles. The van der Waals surface area contributed by atoms with E-state index in [2.05, 4.69) is 107 Å². The van der Waals surface area contributed by atoms with Crippen LogP contribution in [0, 0.1) is 5.41 Å². The second kappa shape index (κ2) is 9.78. The summed E-state index contributed by atoms with van der Waals surface area (Å²) in [5, 5.41) is 0.151. The predicted molar refractivity (Wildman–Crippen MR) is 170 cm³/mol. The van der Waals surface area contributed by atoms with E-state index in [-0.39, 0.29) is 28.1 Å². The molecule has 3 nitrogen and oxygen atoms in total. The summed E-state index contributed by atoms with van der Waals surface area (Å²) in [5.41, 5.74) is 9.21. The molecule has 0 bridgehead atoms. The molecule has 4 heteroatoms. The first kappa shape index (κ1) is 30.0. The molecule has 2 aromatic rings. The Morgan fingerprint density at radius 2 is 1.50 bits per heavy atom. The highest BCUT2D eigenvalue weighted by atomic mass is 28.4. The summed E-state index contributed by atoms with van der Waals surface area (Å²) < 4.78 is 14.4. The summed E-state index contributed by atoms with van der Waals surface area (Å²) in [6, 6.07) is 9.22. The minimum Gasteiger partial charge on any atom is -0.410 e. The minimum atomic E-state index is -2.02. The molecule has 1 saturated carbocycles. The van der Waals surface area contributed by atoms with Crippen molar-refractivity contribution in [2.75, 3.05) is 0 Å². The first-order chi connectivity index (χ1) is 18.3. The van der Waals surface area contributed by atoms with Gasteiger partial charge in [0, 0.05) is 22.7 Å². The zero-order chi connectivity index (χ0) is 29.5. The van der Waals surface area contributed by atoms with Crippen molar-refractivity contribution in [2.45, 2.75) is 155 Å². The number of hydrogen-bond donors (Lipinski definition) is 0. The Bertz CT molecular complexity index is 1250. The van der Waals surface area contributed by atoms with E-state index in [1.54, 1.807) is 0 Å². The fraction of sp³-hybridized carbons (Fsp3) is 0.694. The van der Waals surface area contributed by atoms with E-state index < -0.39 is 13.9 Å². The highest BCUT2D eigenvalue weighted by Crippen LogP contribution is 2.57. The molecule has 220 valence electrons. The van der Waals surface area contributed by atoms with Gasteiger partial charge in [0.25, 0.3) is 0 Å². The van der Waals surface area contributed by atoms with Gasteiger partial charge in [0.15, 0.2) is 8.32 Å². The molecule has 0 N–H and O–H groups in total. The number of ether oxygens (including phenoxy) is 1. The van der Waals surface area contributed by atoms with Crippen LogP contribution < -0.4 is 0 Å². The molecule has 40 heavy (non-hydrogen) atoms. The monoisotopic (exact) mass is 561 g/mol. The van der Waals surface area contributed by atoms with Crippen molar-refractivity contribution in [1.29, 1.82) is 0 Å². The first-order valence-electron chi connectivity index (χ1n) is 15.8. The standard InChI is InChI=1S/C36H55NO2Si/c1-33(2,3)25-19-17-24(18-20-25)32-29-30(36(9,10)38-32)28-26(37-31(29)23-15-13-14-16-23)21-35(7,8)22-27(28)39-40(11,12)34(4,5)6/h17-20,23,27,32H,13-16,21-22H2,1-12H3. The molecule has 1 aliphatic heterocycles. The van der Waals surface area contributed by atoms with Crippen molar-refractivity contribution in [2.24, 2.45) is 5.41 Å². The van der Waals surface area contributed by atoms with Crippen LogP contribution in [0.2, 0.25) is 18.1 Å². The van der Waals surface area contributed by atoms with Gasteiger partial charge in [0.2, 0.25) is 0 Å². The van der Waals surface area contributed by atoms with Crippen LogP contribution in [0.1, 0.15) is 159 Å². The molecule has 2 aliphatic carbocycles. The fourth-order valence-electron chi connectivity index (χ4n) is 7.16. The van der Waals surface area contributed by atoms with E-state index in [0.717, 1.165) is 12.8 Å². The molecule has 2 unspecified atom stereocenters. The number of nitrogens with zero attached hydrogens (tertiary/aromatic N) is 1. The maximum Gasteiger partial charge on any atom is 0.192 e.